The molecule has 29 heavy (non-hydrogen) atoms. The van der Waals surface area contributed by atoms with Gasteiger partial charge in [-0.3, -0.25) is 9.69 Å². The Bertz CT molecular complexity index is 915. The first-order valence-corrected chi connectivity index (χ1v) is 9.74. The van der Waals surface area contributed by atoms with Crippen LogP contribution >= 0.6 is 0 Å². The molecule has 0 bridgehead atoms. The van der Waals surface area contributed by atoms with Crippen molar-refractivity contribution in [3.63, 3.8) is 0 Å². The number of tetrazole rings is 1. The Morgan fingerprint density at radius 2 is 1.86 bits per heavy atom. The lowest BCUT2D eigenvalue weighted by molar-refractivity contribution is -0.123. The molecule has 1 fully saturated rings. The standard InChI is InChI=1S/C21H24N6O2/c28-20(16-27-24-21(23-25-27)18-9-5-2-6-10-18)22-13-19-15-26(11-12-29-19)14-17-7-3-1-4-8-17/h1-10,19H,11-16H2,(H,22,28). The summed E-state index contributed by atoms with van der Waals surface area (Å²) < 4.78 is 5.80. The number of hydrogen-bond donors (Lipinski definition) is 1. The van der Waals surface area contributed by atoms with Gasteiger partial charge in [-0.1, -0.05) is 60.7 Å². The summed E-state index contributed by atoms with van der Waals surface area (Å²) >= 11 is 0. The number of hydrogen-bond acceptors (Lipinski definition) is 6. The molecule has 8 nitrogen and oxygen atoms in total. The van der Waals surface area contributed by atoms with E-state index in [1.165, 1.54) is 10.4 Å². The number of benzene rings is 2. The van der Waals surface area contributed by atoms with Gasteiger partial charge in [0.15, 0.2) is 0 Å². The van der Waals surface area contributed by atoms with Crippen molar-refractivity contribution in [2.24, 2.45) is 0 Å². The van der Waals surface area contributed by atoms with Crippen LogP contribution in [0.3, 0.4) is 0 Å². The van der Waals surface area contributed by atoms with Crippen LogP contribution in [-0.2, 0) is 22.6 Å². The third kappa shape index (κ3) is 5.46. The highest BCUT2D eigenvalue weighted by atomic mass is 16.5. The van der Waals surface area contributed by atoms with Gasteiger partial charge in [-0.15, -0.1) is 10.2 Å². The first-order valence-electron chi connectivity index (χ1n) is 9.74. The molecule has 2 aromatic carbocycles. The monoisotopic (exact) mass is 392 g/mol. The molecule has 4 rings (SSSR count). The highest BCUT2D eigenvalue weighted by molar-refractivity contribution is 5.75. The number of nitrogens with zero attached hydrogens (tertiary/aromatic N) is 5. The molecule has 8 heteroatoms. The van der Waals surface area contributed by atoms with Gasteiger partial charge in [-0.05, 0) is 10.8 Å². The van der Waals surface area contributed by atoms with Gasteiger partial charge >= 0.3 is 0 Å². The third-order valence-corrected chi connectivity index (χ3v) is 4.77. The zero-order valence-corrected chi connectivity index (χ0v) is 16.1. The van der Waals surface area contributed by atoms with E-state index < -0.39 is 0 Å². The van der Waals surface area contributed by atoms with Gasteiger partial charge in [0, 0.05) is 31.7 Å². The Labute approximate surface area is 169 Å². The number of ether oxygens (including phenoxy) is 1. The van der Waals surface area contributed by atoms with E-state index >= 15 is 0 Å². The fourth-order valence-electron chi connectivity index (χ4n) is 3.31. The number of carbonyl (C=O) groups excluding carboxylic acids is 1. The summed E-state index contributed by atoms with van der Waals surface area (Å²) in [6, 6.07) is 19.9. The van der Waals surface area contributed by atoms with Crippen molar-refractivity contribution in [3.05, 3.63) is 66.2 Å². The number of aromatic nitrogens is 4. The minimum atomic E-state index is -0.161. The summed E-state index contributed by atoms with van der Waals surface area (Å²) in [4.78, 5) is 15.9. The molecule has 1 saturated heterocycles. The van der Waals surface area contributed by atoms with Crippen LogP contribution in [0.15, 0.2) is 60.7 Å². The van der Waals surface area contributed by atoms with E-state index in [0.717, 1.165) is 25.2 Å². The van der Waals surface area contributed by atoms with Gasteiger partial charge in [-0.2, -0.15) is 4.80 Å². The minimum Gasteiger partial charge on any atom is -0.374 e. The van der Waals surface area contributed by atoms with Crippen molar-refractivity contribution < 1.29 is 9.53 Å². The molecule has 2 heterocycles. The third-order valence-electron chi connectivity index (χ3n) is 4.77. The summed E-state index contributed by atoms with van der Waals surface area (Å²) in [6.07, 6.45) is -0.0278. The van der Waals surface area contributed by atoms with Gasteiger partial charge in [-0.25, -0.2) is 0 Å². The molecule has 1 aromatic heterocycles. The summed E-state index contributed by atoms with van der Waals surface area (Å²) in [5, 5.41) is 15.2. The van der Waals surface area contributed by atoms with Gasteiger partial charge in [0.25, 0.3) is 0 Å². The molecule has 1 atom stereocenters. The van der Waals surface area contributed by atoms with Crippen LogP contribution in [0.2, 0.25) is 0 Å². The second kappa shape index (κ2) is 9.40. The molecule has 1 aliphatic heterocycles. The van der Waals surface area contributed by atoms with Crippen molar-refractivity contribution in [3.8, 4) is 11.4 Å². The molecule has 1 aliphatic rings. The highest BCUT2D eigenvalue weighted by Gasteiger charge is 2.21. The van der Waals surface area contributed by atoms with Crippen LogP contribution in [0.1, 0.15) is 5.56 Å². The zero-order chi connectivity index (χ0) is 19.9. The molecule has 150 valence electrons. The molecule has 1 amide bonds. The maximum Gasteiger partial charge on any atom is 0.243 e. The molecular formula is C21H24N6O2. The molecule has 0 aliphatic carbocycles. The molecule has 0 radical (unpaired) electrons. The van der Waals surface area contributed by atoms with E-state index in [0.29, 0.717) is 19.0 Å². The van der Waals surface area contributed by atoms with Crippen LogP contribution in [0.4, 0.5) is 0 Å². The highest BCUT2D eigenvalue weighted by Crippen LogP contribution is 2.12. The maximum atomic E-state index is 12.3. The number of amides is 1. The molecule has 3 aromatic rings. The normalized spacial score (nSPS) is 17.2. The quantitative estimate of drug-likeness (QED) is 0.654. The zero-order valence-electron chi connectivity index (χ0n) is 16.1. The SMILES string of the molecule is O=C(Cn1nnc(-c2ccccc2)n1)NCC1CN(Cc2ccccc2)CCO1. The Morgan fingerprint density at radius 1 is 1.10 bits per heavy atom. The fourth-order valence-corrected chi connectivity index (χ4v) is 3.31. The van der Waals surface area contributed by atoms with Crippen LogP contribution in [0, 0.1) is 0 Å². The molecule has 1 unspecified atom stereocenters. The summed E-state index contributed by atoms with van der Waals surface area (Å²) in [5.41, 5.74) is 2.15. The molecule has 1 N–H and O–H groups in total. The average molecular weight is 392 g/mol. The second-order valence-electron chi connectivity index (χ2n) is 7.03. The van der Waals surface area contributed by atoms with Crippen molar-refractivity contribution in [1.82, 2.24) is 30.4 Å². The molecular weight excluding hydrogens is 368 g/mol. The van der Waals surface area contributed by atoms with E-state index in [2.05, 4.69) is 49.9 Å². The number of morpholine rings is 1. The Kier molecular flexibility index (Phi) is 6.23. The lowest BCUT2D eigenvalue weighted by Gasteiger charge is -2.33. The lowest BCUT2D eigenvalue weighted by atomic mass is 10.2. The largest absolute Gasteiger partial charge is 0.374 e. The first-order chi connectivity index (χ1) is 14.3. The van der Waals surface area contributed by atoms with Crippen molar-refractivity contribution in [2.75, 3.05) is 26.2 Å². The predicted octanol–water partition coefficient (Wildman–Crippen LogP) is 1.36. The number of nitrogens with one attached hydrogen (secondary N) is 1. The van der Waals surface area contributed by atoms with Gasteiger partial charge in [0.05, 0.1) is 12.7 Å². The fraction of sp³-hybridized carbons (Fsp3) is 0.333. The maximum absolute atomic E-state index is 12.3. The van der Waals surface area contributed by atoms with Crippen LogP contribution < -0.4 is 5.32 Å². The van der Waals surface area contributed by atoms with Crippen molar-refractivity contribution >= 4 is 5.91 Å². The summed E-state index contributed by atoms with van der Waals surface area (Å²) in [6.45, 7) is 3.72. The number of rotatable bonds is 7. The van der Waals surface area contributed by atoms with Gasteiger partial charge in [0.1, 0.15) is 6.54 Å². The van der Waals surface area contributed by atoms with E-state index in [9.17, 15) is 4.79 Å². The summed E-state index contributed by atoms with van der Waals surface area (Å²) in [7, 11) is 0. The molecule has 0 saturated carbocycles. The Morgan fingerprint density at radius 3 is 2.66 bits per heavy atom. The Balaban J connectivity index is 1.24. The van der Waals surface area contributed by atoms with Crippen molar-refractivity contribution in [1.29, 1.82) is 0 Å². The average Bonchev–Trinajstić information content (AvgIpc) is 3.22. The van der Waals surface area contributed by atoms with E-state index in [1.54, 1.807) is 0 Å². The van der Waals surface area contributed by atoms with Gasteiger partial charge in [0.2, 0.25) is 11.7 Å². The predicted molar refractivity (Wildman–Crippen MR) is 108 cm³/mol. The smallest absolute Gasteiger partial charge is 0.243 e. The van der Waals surface area contributed by atoms with Crippen LogP contribution in [-0.4, -0.2) is 63.4 Å². The minimum absolute atomic E-state index is 0.0278. The first kappa shape index (κ1) is 19.2. The van der Waals surface area contributed by atoms with E-state index in [1.807, 2.05) is 36.4 Å². The van der Waals surface area contributed by atoms with Gasteiger partial charge < -0.3 is 10.1 Å². The van der Waals surface area contributed by atoms with Crippen LogP contribution in [0.5, 0.6) is 0 Å². The topological polar surface area (TPSA) is 85.2 Å². The van der Waals surface area contributed by atoms with Crippen molar-refractivity contribution in [2.45, 2.75) is 19.2 Å². The Hall–Kier alpha value is -3.10. The second-order valence-corrected chi connectivity index (χ2v) is 7.03. The van der Waals surface area contributed by atoms with E-state index in [4.69, 9.17) is 4.74 Å². The molecule has 0 spiro atoms. The van der Waals surface area contributed by atoms with E-state index in [-0.39, 0.29) is 18.6 Å². The number of carbonyl (C=O) groups is 1. The lowest BCUT2D eigenvalue weighted by Crippen LogP contribution is -2.47. The van der Waals surface area contributed by atoms with Crippen LogP contribution in [0.25, 0.3) is 11.4 Å². The summed E-state index contributed by atoms with van der Waals surface area (Å²) in [5.74, 6) is 0.344.